The molecule has 1 aromatic heterocycles. The van der Waals surface area contributed by atoms with Crippen LogP contribution in [0.25, 0.3) is 0 Å². The number of halogens is 3. The summed E-state index contributed by atoms with van der Waals surface area (Å²) in [5, 5.41) is 3.63. The second-order valence-electron chi connectivity index (χ2n) is 3.53. The van der Waals surface area contributed by atoms with Gasteiger partial charge in [-0.15, -0.1) is 0 Å². The SMILES string of the molecule is Nc1cnn(CC(F)(F)F)c1C1CC1. The lowest BCUT2D eigenvalue weighted by molar-refractivity contribution is -0.143. The molecule has 0 aliphatic heterocycles. The third-order valence-corrected chi connectivity index (χ3v) is 2.20. The highest BCUT2D eigenvalue weighted by molar-refractivity contribution is 5.44. The molecular weight excluding hydrogens is 195 g/mol. The standard InChI is InChI=1S/C8H10F3N3/c9-8(10,11)4-14-7(5-1-2-5)6(12)3-13-14/h3,5H,1-2,4,12H2. The van der Waals surface area contributed by atoms with E-state index in [-0.39, 0.29) is 5.92 Å². The second-order valence-corrected chi connectivity index (χ2v) is 3.53. The fraction of sp³-hybridized carbons (Fsp3) is 0.625. The normalized spacial score (nSPS) is 17.4. The van der Waals surface area contributed by atoms with E-state index in [0.29, 0.717) is 11.4 Å². The van der Waals surface area contributed by atoms with Crippen molar-refractivity contribution in [1.29, 1.82) is 0 Å². The number of nitrogen functional groups attached to an aromatic ring is 1. The van der Waals surface area contributed by atoms with Gasteiger partial charge in [0.2, 0.25) is 0 Å². The number of hydrogen-bond donors (Lipinski definition) is 1. The number of hydrogen-bond acceptors (Lipinski definition) is 2. The summed E-state index contributed by atoms with van der Waals surface area (Å²) in [5.74, 6) is 0.180. The highest BCUT2D eigenvalue weighted by Gasteiger charge is 2.34. The van der Waals surface area contributed by atoms with Gasteiger partial charge in [0.15, 0.2) is 0 Å². The molecule has 1 fully saturated rings. The summed E-state index contributed by atoms with van der Waals surface area (Å²) < 4.78 is 37.3. The Bertz CT molecular complexity index is 338. The van der Waals surface area contributed by atoms with Gasteiger partial charge in [-0.25, -0.2) is 0 Å². The molecule has 0 unspecified atom stereocenters. The molecular formula is C8H10F3N3. The van der Waals surface area contributed by atoms with Crippen molar-refractivity contribution in [3.05, 3.63) is 11.9 Å². The summed E-state index contributed by atoms with van der Waals surface area (Å²) in [6.45, 7) is -1.05. The molecule has 0 amide bonds. The van der Waals surface area contributed by atoms with Crippen LogP contribution in [0.3, 0.4) is 0 Å². The molecule has 3 nitrogen and oxygen atoms in total. The molecule has 0 atom stereocenters. The highest BCUT2D eigenvalue weighted by Crippen LogP contribution is 2.43. The van der Waals surface area contributed by atoms with E-state index in [1.54, 1.807) is 0 Å². The van der Waals surface area contributed by atoms with Gasteiger partial charge in [0.1, 0.15) is 6.54 Å². The fourth-order valence-electron chi connectivity index (χ4n) is 1.51. The minimum atomic E-state index is -4.23. The van der Waals surface area contributed by atoms with Crippen molar-refractivity contribution in [2.75, 3.05) is 5.73 Å². The van der Waals surface area contributed by atoms with Gasteiger partial charge in [0, 0.05) is 5.92 Å². The minimum absolute atomic E-state index is 0.180. The summed E-state index contributed by atoms with van der Waals surface area (Å²) in [4.78, 5) is 0. The van der Waals surface area contributed by atoms with Crippen LogP contribution in [0.15, 0.2) is 6.20 Å². The molecule has 78 valence electrons. The van der Waals surface area contributed by atoms with Gasteiger partial charge >= 0.3 is 6.18 Å². The molecule has 0 radical (unpaired) electrons. The van der Waals surface area contributed by atoms with Gasteiger partial charge in [-0.3, -0.25) is 4.68 Å². The van der Waals surface area contributed by atoms with Crippen LogP contribution in [0, 0.1) is 0 Å². The van der Waals surface area contributed by atoms with Crippen LogP contribution >= 0.6 is 0 Å². The highest BCUT2D eigenvalue weighted by atomic mass is 19.4. The number of alkyl halides is 3. The largest absolute Gasteiger partial charge is 0.408 e. The van der Waals surface area contributed by atoms with Crippen molar-refractivity contribution in [3.8, 4) is 0 Å². The Labute approximate surface area is 78.7 Å². The van der Waals surface area contributed by atoms with Crippen LogP contribution in [0.5, 0.6) is 0 Å². The van der Waals surface area contributed by atoms with Gasteiger partial charge in [-0.1, -0.05) is 0 Å². The molecule has 2 N–H and O–H groups in total. The van der Waals surface area contributed by atoms with Crippen LogP contribution in [0.2, 0.25) is 0 Å². The van der Waals surface area contributed by atoms with E-state index < -0.39 is 12.7 Å². The number of anilines is 1. The van der Waals surface area contributed by atoms with Gasteiger partial charge in [0.05, 0.1) is 17.6 Å². The zero-order chi connectivity index (χ0) is 10.3. The van der Waals surface area contributed by atoms with Crippen LogP contribution < -0.4 is 5.73 Å². The fourth-order valence-corrected chi connectivity index (χ4v) is 1.51. The topological polar surface area (TPSA) is 43.8 Å². The van der Waals surface area contributed by atoms with E-state index in [0.717, 1.165) is 17.5 Å². The van der Waals surface area contributed by atoms with Crippen LogP contribution in [-0.4, -0.2) is 16.0 Å². The molecule has 1 saturated carbocycles. The second kappa shape index (κ2) is 2.90. The number of nitrogens with zero attached hydrogens (tertiary/aromatic N) is 2. The first-order valence-electron chi connectivity index (χ1n) is 4.35. The number of nitrogens with two attached hydrogens (primary N) is 1. The quantitative estimate of drug-likeness (QED) is 0.801. The third-order valence-electron chi connectivity index (χ3n) is 2.20. The van der Waals surface area contributed by atoms with Gasteiger partial charge in [-0.05, 0) is 12.8 Å². The molecule has 0 spiro atoms. The van der Waals surface area contributed by atoms with Crippen molar-refractivity contribution in [2.24, 2.45) is 0 Å². The summed E-state index contributed by atoms with van der Waals surface area (Å²) in [6.07, 6.45) is -1.12. The Morgan fingerprint density at radius 2 is 2.14 bits per heavy atom. The lowest BCUT2D eigenvalue weighted by Gasteiger charge is -2.09. The third kappa shape index (κ3) is 1.83. The predicted octanol–water partition coefficient (Wildman–Crippen LogP) is 1.91. The summed E-state index contributed by atoms with van der Waals surface area (Å²) in [5.41, 5.74) is 6.47. The Kier molecular flexibility index (Phi) is 1.94. The van der Waals surface area contributed by atoms with Gasteiger partial charge in [0.25, 0.3) is 0 Å². The van der Waals surface area contributed by atoms with Crippen molar-refractivity contribution in [3.63, 3.8) is 0 Å². The molecule has 1 heterocycles. The number of rotatable bonds is 2. The Morgan fingerprint density at radius 1 is 1.50 bits per heavy atom. The van der Waals surface area contributed by atoms with Crippen molar-refractivity contribution in [2.45, 2.75) is 31.5 Å². The molecule has 14 heavy (non-hydrogen) atoms. The van der Waals surface area contributed by atoms with Gasteiger partial charge in [-0.2, -0.15) is 18.3 Å². The first-order chi connectivity index (χ1) is 6.47. The van der Waals surface area contributed by atoms with E-state index in [4.69, 9.17) is 5.73 Å². The Balaban J connectivity index is 2.24. The monoisotopic (exact) mass is 205 g/mol. The first-order valence-corrected chi connectivity index (χ1v) is 4.35. The van der Waals surface area contributed by atoms with Gasteiger partial charge < -0.3 is 5.73 Å². The molecule has 2 rings (SSSR count). The summed E-state index contributed by atoms with van der Waals surface area (Å²) >= 11 is 0. The zero-order valence-corrected chi connectivity index (χ0v) is 7.38. The minimum Gasteiger partial charge on any atom is -0.396 e. The maximum Gasteiger partial charge on any atom is 0.408 e. The van der Waals surface area contributed by atoms with E-state index >= 15 is 0 Å². The maximum absolute atomic E-state index is 12.1. The predicted molar refractivity (Wildman–Crippen MR) is 44.7 cm³/mol. The average Bonchev–Trinajstić information content (AvgIpc) is 2.77. The molecule has 0 bridgehead atoms. The molecule has 0 saturated heterocycles. The first kappa shape index (κ1) is 9.36. The Morgan fingerprint density at radius 3 is 2.64 bits per heavy atom. The van der Waals surface area contributed by atoms with E-state index in [9.17, 15) is 13.2 Å². The lowest BCUT2D eigenvalue weighted by Crippen LogP contribution is -2.20. The van der Waals surface area contributed by atoms with E-state index in [1.807, 2.05) is 0 Å². The van der Waals surface area contributed by atoms with E-state index in [2.05, 4.69) is 5.10 Å². The smallest absolute Gasteiger partial charge is 0.396 e. The summed E-state index contributed by atoms with van der Waals surface area (Å²) in [6, 6.07) is 0. The Hall–Kier alpha value is -1.20. The van der Waals surface area contributed by atoms with Crippen molar-refractivity contribution in [1.82, 2.24) is 9.78 Å². The molecule has 6 heteroatoms. The lowest BCUT2D eigenvalue weighted by atomic mass is 10.2. The molecule has 1 aliphatic carbocycles. The van der Waals surface area contributed by atoms with Crippen LogP contribution in [0.4, 0.5) is 18.9 Å². The summed E-state index contributed by atoms with van der Waals surface area (Å²) in [7, 11) is 0. The zero-order valence-electron chi connectivity index (χ0n) is 7.38. The van der Waals surface area contributed by atoms with E-state index in [1.165, 1.54) is 6.20 Å². The van der Waals surface area contributed by atoms with Crippen LogP contribution in [0.1, 0.15) is 24.5 Å². The number of aromatic nitrogens is 2. The molecule has 1 aromatic rings. The molecule has 1 aliphatic rings. The van der Waals surface area contributed by atoms with Crippen molar-refractivity contribution >= 4 is 5.69 Å². The molecule has 0 aromatic carbocycles. The average molecular weight is 205 g/mol. The van der Waals surface area contributed by atoms with Crippen LogP contribution in [-0.2, 0) is 6.54 Å². The van der Waals surface area contributed by atoms with Crippen molar-refractivity contribution < 1.29 is 13.2 Å². The maximum atomic E-state index is 12.1.